The molecular weight excluding hydrogens is 394 g/mol. The van der Waals surface area contributed by atoms with Crippen LogP contribution in [0, 0.1) is 20.8 Å². The summed E-state index contributed by atoms with van der Waals surface area (Å²) in [6.45, 7) is 8.51. The monoisotopic (exact) mass is 425 g/mol. The fourth-order valence-corrected chi connectivity index (χ4v) is 2.99. The Hall–Kier alpha value is -2.80. The predicted octanol–water partition coefficient (Wildman–Crippen LogP) is 4.68. The zero-order chi connectivity index (χ0) is 22.1. The van der Waals surface area contributed by atoms with Crippen LogP contribution in [0.3, 0.4) is 0 Å². The molecule has 1 N–H and O–H groups in total. The van der Waals surface area contributed by atoms with Gasteiger partial charge in [-0.3, -0.25) is 18.7 Å². The summed E-state index contributed by atoms with van der Waals surface area (Å²) >= 11 is 0. The average Bonchev–Trinajstić information content (AvgIpc) is 3.35. The normalized spacial score (nSPS) is 10.4. The van der Waals surface area contributed by atoms with Gasteiger partial charge in [-0.05, 0) is 38.3 Å². The Kier molecular flexibility index (Phi) is 8.92. The van der Waals surface area contributed by atoms with Crippen LogP contribution in [0.1, 0.15) is 35.7 Å². The second-order valence-electron chi connectivity index (χ2n) is 7.26. The van der Waals surface area contributed by atoms with Crippen molar-refractivity contribution in [3.05, 3.63) is 71.6 Å². The van der Waals surface area contributed by atoms with E-state index in [0.717, 1.165) is 22.6 Å². The number of aryl methyl sites for hydroxylation is 4. The molecule has 0 spiro atoms. The van der Waals surface area contributed by atoms with Gasteiger partial charge in [-0.25, -0.2) is 4.98 Å². The first kappa shape index (κ1) is 23.5. The van der Waals surface area contributed by atoms with Gasteiger partial charge in [0.15, 0.2) is 5.65 Å². The molecule has 0 amide bonds. The SMILES string of the molecule is CCCc1cc(C)ccc1C.CS(C)=O.Cc1nccn2c(-c3cn[nH]c3)cnc12. The van der Waals surface area contributed by atoms with Gasteiger partial charge in [-0.1, -0.05) is 37.1 Å². The highest BCUT2D eigenvalue weighted by atomic mass is 32.2. The van der Waals surface area contributed by atoms with E-state index in [2.05, 4.69) is 59.1 Å². The number of imidazole rings is 1. The number of benzene rings is 1. The summed E-state index contributed by atoms with van der Waals surface area (Å²) in [5, 5.41) is 6.72. The van der Waals surface area contributed by atoms with Gasteiger partial charge in [0.25, 0.3) is 0 Å². The Labute approximate surface area is 181 Å². The molecule has 0 radical (unpaired) electrons. The van der Waals surface area contributed by atoms with Crippen LogP contribution in [-0.2, 0) is 17.2 Å². The molecule has 1 aromatic carbocycles. The van der Waals surface area contributed by atoms with Crippen LogP contribution in [-0.4, -0.2) is 41.3 Å². The molecule has 0 aliphatic carbocycles. The number of aromatic amines is 1. The summed E-state index contributed by atoms with van der Waals surface area (Å²) in [6, 6.07) is 6.67. The maximum atomic E-state index is 9.56. The van der Waals surface area contributed by atoms with E-state index in [1.807, 2.05) is 29.9 Å². The van der Waals surface area contributed by atoms with E-state index >= 15 is 0 Å². The molecule has 0 aliphatic rings. The molecule has 6 nitrogen and oxygen atoms in total. The lowest BCUT2D eigenvalue weighted by Gasteiger charge is -2.04. The molecular formula is C23H31N5OS. The molecule has 4 aromatic rings. The lowest BCUT2D eigenvalue weighted by molar-refractivity contribution is 0.690. The number of nitrogens with one attached hydrogen (secondary N) is 1. The molecule has 0 fully saturated rings. The van der Waals surface area contributed by atoms with Gasteiger partial charge >= 0.3 is 0 Å². The minimum absolute atomic E-state index is 0.611. The van der Waals surface area contributed by atoms with Crippen molar-refractivity contribution >= 4 is 16.4 Å². The number of fused-ring (bicyclic) bond motifs is 1. The Balaban J connectivity index is 0.000000189. The fraction of sp³-hybridized carbons (Fsp3) is 0.348. The maximum Gasteiger partial charge on any atom is 0.158 e. The van der Waals surface area contributed by atoms with Crippen LogP contribution in [0.2, 0.25) is 0 Å². The molecule has 0 saturated heterocycles. The highest BCUT2D eigenvalue weighted by Crippen LogP contribution is 2.19. The second kappa shape index (κ2) is 11.4. The van der Waals surface area contributed by atoms with Gasteiger partial charge < -0.3 is 0 Å². The van der Waals surface area contributed by atoms with Crippen molar-refractivity contribution in [2.24, 2.45) is 0 Å². The standard InChI is InChI=1S/C11H16.C10H9N5.C2H6OS/c1-4-5-11-8-9(2)6-7-10(11)3;1-7-10-12-6-9(8-4-13-14-5-8)15(10)3-2-11-7;1-4(2)3/h6-8H,4-5H2,1-3H3;2-6H,1H3,(H,13,14);1-2H3. The molecule has 0 saturated carbocycles. The summed E-state index contributed by atoms with van der Waals surface area (Å²) in [5.74, 6) is 0. The molecule has 7 heteroatoms. The molecule has 0 bridgehead atoms. The zero-order valence-electron chi connectivity index (χ0n) is 18.6. The predicted molar refractivity (Wildman–Crippen MR) is 125 cm³/mol. The Bertz CT molecular complexity index is 1080. The van der Waals surface area contributed by atoms with Gasteiger partial charge in [-0.2, -0.15) is 5.10 Å². The molecule has 0 unspecified atom stereocenters. The molecule has 3 heterocycles. The Morgan fingerprint density at radius 1 is 1.10 bits per heavy atom. The van der Waals surface area contributed by atoms with Crippen molar-refractivity contribution in [2.45, 2.75) is 40.5 Å². The van der Waals surface area contributed by atoms with Crippen LogP contribution in [0.25, 0.3) is 16.9 Å². The summed E-state index contributed by atoms with van der Waals surface area (Å²) < 4.78 is 11.6. The smallest absolute Gasteiger partial charge is 0.158 e. The number of rotatable bonds is 3. The van der Waals surface area contributed by atoms with E-state index in [9.17, 15) is 4.21 Å². The molecule has 0 atom stereocenters. The summed E-state index contributed by atoms with van der Waals surface area (Å²) in [7, 11) is -0.611. The van der Waals surface area contributed by atoms with E-state index in [-0.39, 0.29) is 0 Å². The van der Waals surface area contributed by atoms with Crippen molar-refractivity contribution in [1.29, 1.82) is 0 Å². The number of nitrogens with zero attached hydrogens (tertiary/aromatic N) is 4. The third kappa shape index (κ3) is 6.62. The molecule has 4 rings (SSSR count). The maximum absolute atomic E-state index is 9.56. The molecule has 0 aliphatic heterocycles. The van der Waals surface area contributed by atoms with Gasteiger partial charge in [0, 0.05) is 47.5 Å². The minimum atomic E-state index is -0.611. The van der Waals surface area contributed by atoms with E-state index in [1.54, 1.807) is 24.9 Å². The van der Waals surface area contributed by atoms with Crippen LogP contribution in [0.5, 0.6) is 0 Å². The third-order valence-electron chi connectivity index (χ3n) is 4.42. The van der Waals surface area contributed by atoms with Crippen molar-refractivity contribution in [3.63, 3.8) is 0 Å². The molecule has 30 heavy (non-hydrogen) atoms. The lowest BCUT2D eigenvalue weighted by atomic mass is 10.0. The van der Waals surface area contributed by atoms with E-state index in [4.69, 9.17) is 0 Å². The number of hydrogen-bond acceptors (Lipinski definition) is 4. The van der Waals surface area contributed by atoms with Crippen LogP contribution in [0.4, 0.5) is 0 Å². The minimum Gasteiger partial charge on any atom is -0.297 e. The number of H-pyrrole nitrogens is 1. The third-order valence-corrected chi connectivity index (χ3v) is 4.42. The number of aromatic nitrogens is 5. The lowest BCUT2D eigenvalue weighted by Crippen LogP contribution is -1.91. The fourth-order valence-electron chi connectivity index (χ4n) is 2.99. The first-order valence-electron chi connectivity index (χ1n) is 9.92. The summed E-state index contributed by atoms with van der Waals surface area (Å²) in [6.07, 6.45) is 14.9. The van der Waals surface area contributed by atoms with Gasteiger partial charge in [0.1, 0.15) is 0 Å². The van der Waals surface area contributed by atoms with E-state index in [0.29, 0.717) is 0 Å². The summed E-state index contributed by atoms with van der Waals surface area (Å²) in [4.78, 5) is 8.53. The first-order chi connectivity index (χ1) is 14.3. The highest BCUT2D eigenvalue weighted by molar-refractivity contribution is 7.83. The van der Waals surface area contributed by atoms with Crippen molar-refractivity contribution in [2.75, 3.05) is 12.5 Å². The van der Waals surface area contributed by atoms with Gasteiger partial charge in [-0.15, -0.1) is 0 Å². The van der Waals surface area contributed by atoms with Crippen molar-refractivity contribution in [3.8, 4) is 11.3 Å². The highest BCUT2D eigenvalue weighted by Gasteiger charge is 2.07. The topological polar surface area (TPSA) is 75.9 Å². The summed E-state index contributed by atoms with van der Waals surface area (Å²) in [5.41, 5.74) is 8.15. The van der Waals surface area contributed by atoms with Gasteiger partial charge in [0.2, 0.25) is 0 Å². The van der Waals surface area contributed by atoms with E-state index < -0.39 is 10.8 Å². The zero-order valence-corrected chi connectivity index (χ0v) is 19.5. The quantitative estimate of drug-likeness (QED) is 0.517. The van der Waals surface area contributed by atoms with E-state index in [1.165, 1.54) is 29.5 Å². The van der Waals surface area contributed by atoms with Crippen LogP contribution < -0.4 is 0 Å². The average molecular weight is 426 g/mol. The second-order valence-corrected chi connectivity index (χ2v) is 8.74. The Morgan fingerprint density at radius 2 is 1.83 bits per heavy atom. The van der Waals surface area contributed by atoms with Crippen molar-refractivity contribution in [1.82, 2.24) is 24.6 Å². The molecule has 3 aromatic heterocycles. The van der Waals surface area contributed by atoms with Crippen molar-refractivity contribution < 1.29 is 4.21 Å². The Morgan fingerprint density at radius 3 is 2.47 bits per heavy atom. The van der Waals surface area contributed by atoms with Gasteiger partial charge in [0.05, 0.1) is 23.8 Å². The largest absolute Gasteiger partial charge is 0.297 e. The number of hydrogen-bond donors (Lipinski definition) is 1. The molecule has 160 valence electrons. The van der Waals surface area contributed by atoms with Crippen LogP contribution in [0.15, 0.2) is 49.2 Å². The van der Waals surface area contributed by atoms with Crippen LogP contribution >= 0.6 is 0 Å². The first-order valence-corrected chi connectivity index (χ1v) is 11.9.